The Morgan fingerprint density at radius 3 is 2.61 bits per heavy atom. The van der Waals surface area contributed by atoms with Crippen LogP contribution in [-0.2, 0) is 14.3 Å². The molecule has 6 heteroatoms. The van der Waals surface area contributed by atoms with Gasteiger partial charge in [-0.25, -0.2) is 4.79 Å². The Morgan fingerprint density at radius 2 is 2.11 bits per heavy atom. The minimum absolute atomic E-state index is 0.0732. The molecule has 0 aliphatic carbocycles. The third-order valence-electron chi connectivity index (χ3n) is 2.91. The van der Waals surface area contributed by atoms with Crippen molar-refractivity contribution in [3.8, 4) is 0 Å². The number of carbonyl (C=O) groups is 2. The minimum Gasteiger partial charge on any atom is -0.479 e. The first-order valence-electron chi connectivity index (χ1n) is 6.22. The van der Waals surface area contributed by atoms with Gasteiger partial charge in [0.1, 0.15) is 0 Å². The van der Waals surface area contributed by atoms with Gasteiger partial charge < -0.3 is 20.9 Å². The van der Waals surface area contributed by atoms with Gasteiger partial charge in [-0.1, -0.05) is 0 Å². The van der Waals surface area contributed by atoms with Crippen molar-refractivity contribution in [2.45, 2.75) is 57.3 Å². The summed E-state index contributed by atoms with van der Waals surface area (Å²) < 4.78 is 5.28. The van der Waals surface area contributed by atoms with Gasteiger partial charge in [0.15, 0.2) is 6.10 Å². The molecule has 0 radical (unpaired) electrons. The fourth-order valence-corrected chi connectivity index (χ4v) is 1.79. The molecule has 2 atom stereocenters. The van der Waals surface area contributed by atoms with Gasteiger partial charge in [-0.15, -0.1) is 0 Å². The maximum atomic E-state index is 11.5. The van der Waals surface area contributed by atoms with E-state index in [0.717, 1.165) is 0 Å². The van der Waals surface area contributed by atoms with E-state index in [1.165, 1.54) is 0 Å². The van der Waals surface area contributed by atoms with Crippen molar-refractivity contribution in [1.29, 1.82) is 0 Å². The number of amides is 1. The molecule has 1 saturated heterocycles. The monoisotopic (exact) mass is 258 g/mol. The highest BCUT2D eigenvalue weighted by atomic mass is 16.5. The Labute approximate surface area is 107 Å². The molecule has 1 fully saturated rings. The standard InChI is InChI=1S/C12H22N2O4/c1-12(2,13)6-5-10(15)14-7-8-3-4-9(18-8)11(16)17/h8-9H,3-7,13H2,1-2H3,(H,14,15)(H,16,17). The van der Waals surface area contributed by atoms with Gasteiger partial charge in [0.2, 0.25) is 5.91 Å². The predicted molar refractivity (Wildman–Crippen MR) is 66.0 cm³/mol. The molecule has 1 rings (SSSR count). The van der Waals surface area contributed by atoms with Crippen molar-refractivity contribution >= 4 is 11.9 Å². The van der Waals surface area contributed by atoms with E-state index in [1.54, 1.807) is 0 Å². The summed E-state index contributed by atoms with van der Waals surface area (Å²) in [6, 6.07) is 0. The molecule has 1 amide bonds. The molecule has 104 valence electrons. The molecule has 1 aliphatic heterocycles. The summed E-state index contributed by atoms with van der Waals surface area (Å²) in [5.74, 6) is -1.01. The fourth-order valence-electron chi connectivity index (χ4n) is 1.79. The zero-order chi connectivity index (χ0) is 13.8. The van der Waals surface area contributed by atoms with E-state index < -0.39 is 12.1 Å². The first-order valence-corrected chi connectivity index (χ1v) is 6.22. The van der Waals surface area contributed by atoms with Crippen LogP contribution in [0.25, 0.3) is 0 Å². The lowest BCUT2D eigenvalue weighted by molar-refractivity contribution is -0.149. The topological polar surface area (TPSA) is 102 Å². The van der Waals surface area contributed by atoms with Gasteiger partial charge in [-0.3, -0.25) is 4.79 Å². The van der Waals surface area contributed by atoms with Gasteiger partial charge in [0, 0.05) is 18.5 Å². The summed E-state index contributed by atoms with van der Waals surface area (Å²) in [5, 5.41) is 11.5. The van der Waals surface area contributed by atoms with Crippen LogP contribution >= 0.6 is 0 Å². The van der Waals surface area contributed by atoms with Gasteiger partial charge in [-0.05, 0) is 33.1 Å². The van der Waals surface area contributed by atoms with Gasteiger partial charge in [-0.2, -0.15) is 0 Å². The Kier molecular flexibility index (Phi) is 5.10. The van der Waals surface area contributed by atoms with Crippen molar-refractivity contribution in [2.24, 2.45) is 5.73 Å². The van der Waals surface area contributed by atoms with E-state index in [0.29, 0.717) is 32.2 Å². The highest BCUT2D eigenvalue weighted by Gasteiger charge is 2.30. The Bertz CT molecular complexity index is 312. The van der Waals surface area contributed by atoms with Crippen LogP contribution in [0.2, 0.25) is 0 Å². The molecule has 0 aromatic rings. The van der Waals surface area contributed by atoms with Gasteiger partial charge >= 0.3 is 5.97 Å². The van der Waals surface area contributed by atoms with Crippen LogP contribution in [0.4, 0.5) is 0 Å². The van der Waals surface area contributed by atoms with Crippen molar-refractivity contribution in [1.82, 2.24) is 5.32 Å². The van der Waals surface area contributed by atoms with E-state index in [-0.39, 0.29) is 17.6 Å². The smallest absolute Gasteiger partial charge is 0.332 e. The van der Waals surface area contributed by atoms with E-state index in [1.807, 2.05) is 13.8 Å². The minimum atomic E-state index is -0.936. The zero-order valence-corrected chi connectivity index (χ0v) is 10.9. The average molecular weight is 258 g/mol. The molecule has 0 aromatic heterocycles. The fraction of sp³-hybridized carbons (Fsp3) is 0.833. The second-order valence-electron chi connectivity index (χ2n) is 5.45. The Hall–Kier alpha value is -1.14. The molecule has 1 heterocycles. The van der Waals surface area contributed by atoms with E-state index in [2.05, 4.69) is 5.32 Å². The number of hydrogen-bond donors (Lipinski definition) is 3. The van der Waals surface area contributed by atoms with Crippen molar-refractivity contribution < 1.29 is 19.4 Å². The molecular weight excluding hydrogens is 236 g/mol. The second-order valence-corrected chi connectivity index (χ2v) is 5.45. The molecule has 1 aliphatic rings. The summed E-state index contributed by atoms with van der Waals surface area (Å²) in [6.45, 7) is 4.11. The van der Waals surface area contributed by atoms with Gasteiger partial charge in [0.05, 0.1) is 6.10 Å². The van der Waals surface area contributed by atoms with E-state index in [9.17, 15) is 9.59 Å². The molecule has 4 N–H and O–H groups in total. The molecule has 2 unspecified atom stereocenters. The first kappa shape index (κ1) is 14.9. The van der Waals surface area contributed by atoms with Crippen molar-refractivity contribution in [3.63, 3.8) is 0 Å². The highest BCUT2D eigenvalue weighted by molar-refractivity contribution is 5.76. The number of rotatable bonds is 6. The van der Waals surface area contributed by atoms with Crippen molar-refractivity contribution in [2.75, 3.05) is 6.54 Å². The predicted octanol–water partition coefficient (Wildman–Crippen LogP) is 0.252. The maximum absolute atomic E-state index is 11.5. The Morgan fingerprint density at radius 1 is 1.44 bits per heavy atom. The van der Waals surface area contributed by atoms with Crippen LogP contribution in [0.3, 0.4) is 0 Å². The molecular formula is C12H22N2O4. The number of carboxylic acids is 1. The Balaban J connectivity index is 2.18. The average Bonchev–Trinajstić information content (AvgIpc) is 2.71. The van der Waals surface area contributed by atoms with Crippen molar-refractivity contribution in [3.05, 3.63) is 0 Å². The molecule has 0 saturated carbocycles. The molecule has 18 heavy (non-hydrogen) atoms. The lowest BCUT2D eigenvalue weighted by atomic mass is 10.00. The van der Waals surface area contributed by atoms with Gasteiger partial charge in [0.25, 0.3) is 0 Å². The number of nitrogens with one attached hydrogen (secondary N) is 1. The number of aliphatic carboxylic acids is 1. The maximum Gasteiger partial charge on any atom is 0.332 e. The number of ether oxygens (including phenoxy) is 1. The van der Waals surface area contributed by atoms with E-state index in [4.69, 9.17) is 15.6 Å². The highest BCUT2D eigenvalue weighted by Crippen LogP contribution is 2.19. The number of nitrogens with two attached hydrogens (primary N) is 1. The van der Waals surface area contributed by atoms with Crippen LogP contribution in [-0.4, -0.2) is 41.3 Å². The normalized spacial score (nSPS) is 23.9. The summed E-state index contributed by atoms with van der Waals surface area (Å²) in [6.07, 6.45) is 1.24. The lowest BCUT2D eigenvalue weighted by Crippen LogP contribution is -2.36. The lowest BCUT2D eigenvalue weighted by Gasteiger charge is -2.18. The molecule has 0 bridgehead atoms. The number of carbonyl (C=O) groups excluding carboxylic acids is 1. The largest absolute Gasteiger partial charge is 0.479 e. The van der Waals surface area contributed by atoms with Crippen LogP contribution in [0.15, 0.2) is 0 Å². The summed E-state index contributed by atoms with van der Waals surface area (Å²) >= 11 is 0. The zero-order valence-electron chi connectivity index (χ0n) is 10.9. The van der Waals surface area contributed by atoms with Crippen LogP contribution in [0, 0.1) is 0 Å². The SMILES string of the molecule is CC(C)(N)CCC(=O)NCC1CCC(C(=O)O)O1. The molecule has 6 nitrogen and oxygen atoms in total. The van der Waals surface area contributed by atoms with Crippen LogP contribution in [0.5, 0.6) is 0 Å². The summed E-state index contributed by atoms with van der Waals surface area (Å²) in [4.78, 5) is 22.2. The summed E-state index contributed by atoms with van der Waals surface area (Å²) in [5.41, 5.74) is 5.43. The van der Waals surface area contributed by atoms with Crippen LogP contribution < -0.4 is 11.1 Å². The van der Waals surface area contributed by atoms with E-state index >= 15 is 0 Å². The first-order chi connectivity index (χ1) is 8.28. The third-order valence-corrected chi connectivity index (χ3v) is 2.91. The number of carboxylic acid groups (broad SMARTS) is 1. The van der Waals surface area contributed by atoms with Crippen LogP contribution in [0.1, 0.15) is 39.5 Å². The quantitative estimate of drug-likeness (QED) is 0.634. The third kappa shape index (κ3) is 5.46. The number of hydrogen-bond acceptors (Lipinski definition) is 4. The molecule has 0 spiro atoms. The molecule has 0 aromatic carbocycles. The summed E-state index contributed by atoms with van der Waals surface area (Å²) in [7, 11) is 0. The second kappa shape index (κ2) is 6.15.